The van der Waals surface area contributed by atoms with Crippen LogP contribution in [0.2, 0.25) is 0 Å². The summed E-state index contributed by atoms with van der Waals surface area (Å²) in [7, 11) is 0. The van der Waals surface area contributed by atoms with Crippen molar-refractivity contribution in [3.8, 4) is 0 Å². The third-order valence-electron chi connectivity index (χ3n) is 2.75. The van der Waals surface area contributed by atoms with Crippen molar-refractivity contribution in [1.82, 2.24) is 5.32 Å². The summed E-state index contributed by atoms with van der Waals surface area (Å²) in [4.78, 5) is 0. The second-order valence-electron chi connectivity index (χ2n) is 5.36. The van der Waals surface area contributed by atoms with E-state index in [0.717, 1.165) is 26.0 Å². The van der Waals surface area contributed by atoms with Crippen LogP contribution in [0.15, 0.2) is 0 Å². The summed E-state index contributed by atoms with van der Waals surface area (Å²) in [6, 6.07) is 0. The van der Waals surface area contributed by atoms with Gasteiger partial charge in [-0.05, 0) is 32.1 Å². The van der Waals surface area contributed by atoms with Crippen LogP contribution in [0.1, 0.15) is 40.0 Å². The summed E-state index contributed by atoms with van der Waals surface area (Å²) in [5, 5.41) is 13.4. The maximum Gasteiger partial charge on any atom is 0.0746 e. The van der Waals surface area contributed by atoms with Crippen LogP contribution >= 0.6 is 0 Å². The molecule has 0 bridgehead atoms. The molecule has 0 amide bonds. The highest BCUT2D eigenvalue weighted by Gasteiger charge is 2.22. The van der Waals surface area contributed by atoms with Gasteiger partial charge in [-0.25, -0.2) is 0 Å². The fourth-order valence-electron chi connectivity index (χ4n) is 2.26. The molecule has 1 fully saturated rings. The van der Waals surface area contributed by atoms with Crippen LogP contribution in [0, 0.1) is 5.92 Å². The first-order valence-corrected chi connectivity index (χ1v) is 6.04. The van der Waals surface area contributed by atoms with E-state index in [0.29, 0.717) is 18.6 Å². The van der Waals surface area contributed by atoms with Crippen molar-refractivity contribution in [1.29, 1.82) is 0 Å². The molecule has 1 saturated heterocycles. The zero-order chi connectivity index (χ0) is 11.3. The first-order valence-electron chi connectivity index (χ1n) is 6.04. The molecule has 2 unspecified atom stereocenters. The van der Waals surface area contributed by atoms with Crippen LogP contribution in [-0.4, -0.2) is 36.5 Å². The minimum atomic E-state index is -0.591. The zero-order valence-electron chi connectivity index (χ0n) is 10.3. The van der Waals surface area contributed by atoms with Gasteiger partial charge in [-0.1, -0.05) is 13.8 Å². The van der Waals surface area contributed by atoms with E-state index < -0.39 is 5.60 Å². The van der Waals surface area contributed by atoms with Crippen LogP contribution in [0.25, 0.3) is 0 Å². The molecule has 3 nitrogen and oxygen atoms in total. The maximum atomic E-state index is 10.1. The van der Waals surface area contributed by atoms with E-state index in [-0.39, 0.29) is 0 Å². The standard InChI is InChI=1S/C12H25NO2/c1-10(2)7-12(3,14)9-13-8-11-5-4-6-15-11/h10-11,13-14H,4-9H2,1-3H3. The van der Waals surface area contributed by atoms with Gasteiger partial charge in [0.25, 0.3) is 0 Å². The molecule has 15 heavy (non-hydrogen) atoms. The smallest absolute Gasteiger partial charge is 0.0746 e. The quantitative estimate of drug-likeness (QED) is 0.706. The number of aliphatic hydroxyl groups is 1. The summed E-state index contributed by atoms with van der Waals surface area (Å²) in [5.41, 5.74) is -0.591. The van der Waals surface area contributed by atoms with Crippen molar-refractivity contribution in [3.05, 3.63) is 0 Å². The highest BCUT2D eigenvalue weighted by atomic mass is 16.5. The van der Waals surface area contributed by atoms with E-state index in [9.17, 15) is 5.11 Å². The van der Waals surface area contributed by atoms with Gasteiger partial charge in [0.2, 0.25) is 0 Å². The van der Waals surface area contributed by atoms with E-state index in [1.54, 1.807) is 0 Å². The lowest BCUT2D eigenvalue weighted by Gasteiger charge is -2.26. The monoisotopic (exact) mass is 215 g/mol. The molecule has 0 aromatic carbocycles. The molecule has 1 heterocycles. The first-order chi connectivity index (χ1) is 6.99. The molecular formula is C12H25NO2. The third kappa shape index (κ3) is 5.50. The molecule has 90 valence electrons. The predicted octanol–water partition coefficient (Wildman–Crippen LogP) is 1.55. The van der Waals surface area contributed by atoms with Crippen molar-refractivity contribution in [2.45, 2.75) is 51.7 Å². The van der Waals surface area contributed by atoms with Crippen LogP contribution in [0.5, 0.6) is 0 Å². The van der Waals surface area contributed by atoms with Gasteiger partial charge in [0.1, 0.15) is 0 Å². The van der Waals surface area contributed by atoms with E-state index >= 15 is 0 Å². The van der Waals surface area contributed by atoms with Crippen LogP contribution in [0.4, 0.5) is 0 Å². The van der Waals surface area contributed by atoms with Gasteiger partial charge in [0.15, 0.2) is 0 Å². The van der Waals surface area contributed by atoms with Gasteiger partial charge in [-0.3, -0.25) is 0 Å². The molecule has 3 heteroatoms. The van der Waals surface area contributed by atoms with Crippen molar-refractivity contribution >= 4 is 0 Å². The van der Waals surface area contributed by atoms with Gasteiger partial charge in [0.05, 0.1) is 11.7 Å². The van der Waals surface area contributed by atoms with Crippen LogP contribution in [0.3, 0.4) is 0 Å². The fourth-order valence-corrected chi connectivity index (χ4v) is 2.26. The van der Waals surface area contributed by atoms with Crippen molar-refractivity contribution in [3.63, 3.8) is 0 Å². The average molecular weight is 215 g/mol. The summed E-state index contributed by atoms with van der Waals surface area (Å²) < 4.78 is 5.50. The molecule has 1 rings (SSSR count). The molecule has 0 aromatic heterocycles. The number of hydrogen-bond donors (Lipinski definition) is 2. The molecule has 1 aliphatic rings. The molecule has 1 aliphatic heterocycles. The summed E-state index contributed by atoms with van der Waals surface area (Å²) >= 11 is 0. The van der Waals surface area contributed by atoms with E-state index in [1.807, 2.05) is 6.92 Å². The average Bonchev–Trinajstić information content (AvgIpc) is 2.53. The minimum Gasteiger partial charge on any atom is -0.389 e. The van der Waals surface area contributed by atoms with Crippen molar-refractivity contribution in [2.75, 3.05) is 19.7 Å². The lowest BCUT2D eigenvalue weighted by Crippen LogP contribution is -2.41. The predicted molar refractivity (Wildman–Crippen MR) is 61.9 cm³/mol. The highest BCUT2D eigenvalue weighted by Crippen LogP contribution is 2.15. The molecule has 0 aromatic rings. The Balaban J connectivity index is 2.11. The lowest BCUT2D eigenvalue weighted by molar-refractivity contribution is 0.0333. The first kappa shape index (κ1) is 12.9. The highest BCUT2D eigenvalue weighted by molar-refractivity contribution is 4.78. The molecule has 0 spiro atoms. The number of rotatable bonds is 6. The Labute approximate surface area is 93.2 Å². The maximum absolute atomic E-state index is 10.1. The van der Waals surface area contributed by atoms with Crippen molar-refractivity contribution < 1.29 is 9.84 Å². The Morgan fingerprint density at radius 1 is 1.53 bits per heavy atom. The zero-order valence-corrected chi connectivity index (χ0v) is 10.3. The van der Waals surface area contributed by atoms with E-state index in [4.69, 9.17) is 4.74 Å². The molecule has 0 radical (unpaired) electrons. The third-order valence-corrected chi connectivity index (χ3v) is 2.75. The Bertz CT molecular complexity index is 174. The molecule has 0 aliphatic carbocycles. The van der Waals surface area contributed by atoms with Gasteiger partial charge in [-0.2, -0.15) is 0 Å². The SMILES string of the molecule is CC(C)CC(C)(O)CNCC1CCCO1. The van der Waals surface area contributed by atoms with E-state index in [1.165, 1.54) is 6.42 Å². The second kappa shape index (κ2) is 5.83. The Hall–Kier alpha value is -0.120. The Morgan fingerprint density at radius 3 is 2.80 bits per heavy atom. The van der Waals surface area contributed by atoms with Crippen LogP contribution < -0.4 is 5.32 Å². The van der Waals surface area contributed by atoms with E-state index in [2.05, 4.69) is 19.2 Å². The van der Waals surface area contributed by atoms with Gasteiger partial charge < -0.3 is 15.2 Å². The van der Waals surface area contributed by atoms with Gasteiger partial charge in [-0.15, -0.1) is 0 Å². The topological polar surface area (TPSA) is 41.5 Å². The Morgan fingerprint density at radius 2 is 2.27 bits per heavy atom. The minimum absolute atomic E-state index is 0.361. The fraction of sp³-hybridized carbons (Fsp3) is 1.00. The van der Waals surface area contributed by atoms with Crippen molar-refractivity contribution in [2.24, 2.45) is 5.92 Å². The molecule has 0 saturated carbocycles. The number of nitrogens with one attached hydrogen (secondary N) is 1. The normalized spacial score (nSPS) is 25.8. The summed E-state index contributed by atoms with van der Waals surface area (Å²) in [5.74, 6) is 0.532. The molecule has 2 atom stereocenters. The molecule has 2 N–H and O–H groups in total. The Kier molecular flexibility index (Phi) is 5.03. The number of ether oxygens (including phenoxy) is 1. The largest absolute Gasteiger partial charge is 0.389 e. The summed E-state index contributed by atoms with van der Waals surface area (Å²) in [6.45, 7) is 8.59. The lowest BCUT2D eigenvalue weighted by atomic mass is 9.94. The van der Waals surface area contributed by atoms with Crippen LogP contribution in [-0.2, 0) is 4.74 Å². The van der Waals surface area contributed by atoms with Gasteiger partial charge in [0, 0.05) is 19.7 Å². The van der Waals surface area contributed by atoms with Gasteiger partial charge >= 0.3 is 0 Å². The second-order valence-corrected chi connectivity index (χ2v) is 5.36. The summed E-state index contributed by atoms with van der Waals surface area (Å²) in [6.07, 6.45) is 3.53. The number of hydrogen-bond acceptors (Lipinski definition) is 3. The molecular weight excluding hydrogens is 190 g/mol.